The molecule has 104 valence electrons. The lowest BCUT2D eigenvalue weighted by Gasteiger charge is -2.30. The van der Waals surface area contributed by atoms with Crippen molar-refractivity contribution in [3.63, 3.8) is 0 Å². The van der Waals surface area contributed by atoms with Crippen molar-refractivity contribution in [1.82, 2.24) is 10.2 Å². The zero-order valence-corrected chi connectivity index (χ0v) is 11.5. The third-order valence-corrected chi connectivity index (χ3v) is 4.49. The van der Waals surface area contributed by atoms with Crippen molar-refractivity contribution in [2.75, 3.05) is 26.7 Å². The van der Waals surface area contributed by atoms with Gasteiger partial charge in [-0.05, 0) is 58.2 Å². The van der Waals surface area contributed by atoms with Gasteiger partial charge in [-0.2, -0.15) is 0 Å². The van der Waals surface area contributed by atoms with Gasteiger partial charge in [0.25, 0.3) is 0 Å². The molecular formula is C14H27N3O. The fourth-order valence-electron chi connectivity index (χ4n) is 3.12. The summed E-state index contributed by atoms with van der Waals surface area (Å²) in [5.74, 6) is 1.08. The van der Waals surface area contributed by atoms with E-state index in [4.69, 9.17) is 5.73 Å². The van der Waals surface area contributed by atoms with Crippen molar-refractivity contribution < 1.29 is 4.79 Å². The Morgan fingerprint density at radius 2 is 2.00 bits per heavy atom. The predicted molar refractivity (Wildman–Crippen MR) is 73.2 cm³/mol. The molecule has 4 nitrogen and oxygen atoms in total. The number of carbonyl (C=O) groups excluding carboxylic acids is 1. The molecule has 0 aromatic rings. The molecule has 0 bridgehead atoms. The van der Waals surface area contributed by atoms with Crippen molar-refractivity contribution >= 4 is 5.91 Å². The lowest BCUT2D eigenvalue weighted by Crippen LogP contribution is -2.41. The Balaban J connectivity index is 1.68. The minimum atomic E-state index is 0.167. The van der Waals surface area contributed by atoms with E-state index < -0.39 is 0 Å². The van der Waals surface area contributed by atoms with Crippen LogP contribution in [0.15, 0.2) is 0 Å². The average Bonchev–Trinajstić information content (AvgIpc) is 2.38. The first-order valence-electron chi connectivity index (χ1n) is 7.37. The quantitative estimate of drug-likeness (QED) is 0.788. The van der Waals surface area contributed by atoms with Crippen LogP contribution in [-0.4, -0.2) is 43.5 Å². The molecule has 18 heavy (non-hydrogen) atoms. The van der Waals surface area contributed by atoms with Crippen molar-refractivity contribution in [1.29, 1.82) is 0 Å². The van der Waals surface area contributed by atoms with E-state index >= 15 is 0 Å². The molecule has 2 unspecified atom stereocenters. The Morgan fingerprint density at radius 3 is 2.67 bits per heavy atom. The van der Waals surface area contributed by atoms with Gasteiger partial charge in [-0.15, -0.1) is 0 Å². The molecule has 1 saturated carbocycles. The van der Waals surface area contributed by atoms with E-state index in [9.17, 15) is 4.79 Å². The second-order valence-electron chi connectivity index (χ2n) is 6.12. The molecule has 1 aliphatic heterocycles. The molecule has 1 aliphatic carbocycles. The third-order valence-electron chi connectivity index (χ3n) is 4.49. The van der Waals surface area contributed by atoms with E-state index in [1.54, 1.807) is 0 Å². The van der Waals surface area contributed by atoms with Gasteiger partial charge < -0.3 is 16.0 Å². The van der Waals surface area contributed by atoms with Crippen molar-refractivity contribution in [2.45, 2.75) is 44.6 Å². The second-order valence-corrected chi connectivity index (χ2v) is 6.12. The molecule has 2 rings (SSSR count). The molecule has 1 amide bonds. The molecule has 3 N–H and O–H groups in total. The van der Waals surface area contributed by atoms with Crippen LogP contribution < -0.4 is 11.1 Å². The first kappa shape index (κ1) is 13.8. The first-order valence-corrected chi connectivity index (χ1v) is 7.37. The van der Waals surface area contributed by atoms with Gasteiger partial charge in [0.2, 0.25) is 5.91 Å². The number of amides is 1. The summed E-state index contributed by atoms with van der Waals surface area (Å²) in [6, 6.07) is 0.234. The minimum Gasteiger partial charge on any atom is -0.356 e. The zero-order valence-electron chi connectivity index (χ0n) is 11.5. The van der Waals surface area contributed by atoms with Crippen molar-refractivity contribution in [3.8, 4) is 0 Å². The molecule has 0 spiro atoms. The molecule has 1 heterocycles. The SMILES string of the molecule is CN1CCC(CNC(=O)C2CCCC(N)C2)CC1. The Hall–Kier alpha value is -0.610. The van der Waals surface area contributed by atoms with Gasteiger partial charge in [-0.25, -0.2) is 0 Å². The molecule has 0 radical (unpaired) electrons. The number of nitrogens with zero attached hydrogens (tertiary/aromatic N) is 1. The van der Waals surface area contributed by atoms with Crippen molar-refractivity contribution in [3.05, 3.63) is 0 Å². The van der Waals surface area contributed by atoms with Crippen LogP contribution in [-0.2, 0) is 4.79 Å². The second kappa shape index (κ2) is 6.53. The van der Waals surface area contributed by atoms with Crippen LogP contribution in [0.1, 0.15) is 38.5 Å². The summed E-state index contributed by atoms with van der Waals surface area (Å²) in [6.07, 6.45) is 6.50. The van der Waals surface area contributed by atoms with Gasteiger partial charge >= 0.3 is 0 Å². The highest BCUT2D eigenvalue weighted by Crippen LogP contribution is 2.23. The van der Waals surface area contributed by atoms with Gasteiger partial charge in [0, 0.05) is 18.5 Å². The van der Waals surface area contributed by atoms with E-state index in [-0.39, 0.29) is 17.9 Å². The minimum absolute atomic E-state index is 0.167. The number of piperidine rings is 1. The fourth-order valence-corrected chi connectivity index (χ4v) is 3.12. The van der Waals surface area contributed by atoms with Crippen LogP contribution in [0.25, 0.3) is 0 Å². The standard InChI is InChI=1S/C14H27N3O/c1-17-7-5-11(6-8-17)10-16-14(18)12-3-2-4-13(15)9-12/h11-13H,2-10,15H2,1H3,(H,16,18). The summed E-state index contributed by atoms with van der Waals surface area (Å²) in [4.78, 5) is 14.4. The lowest BCUT2D eigenvalue weighted by molar-refractivity contribution is -0.126. The fraction of sp³-hybridized carbons (Fsp3) is 0.929. The largest absolute Gasteiger partial charge is 0.356 e. The van der Waals surface area contributed by atoms with Crippen LogP contribution >= 0.6 is 0 Å². The normalized spacial score (nSPS) is 31.2. The number of nitrogens with one attached hydrogen (secondary N) is 1. The summed E-state index contributed by atoms with van der Waals surface area (Å²) in [7, 11) is 2.16. The Bertz CT molecular complexity index is 274. The monoisotopic (exact) mass is 253 g/mol. The van der Waals surface area contributed by atoms with Crippen LogP contribution in [0.2, 0.25) is 0 Å². The summed E-state index contributed by atoms with van der Waals surface area (Å²) in [5.41, 5.74) is 5.93. The maximum Gasteiger partial charge on any atom is 0.223 e. The Kier molecular flexibility index (Phi) is 5.01. The van der Waals surface area contributed by atoms with Gasteiger partial charge in [-0.3, -0.25) is 4.79 Å². The Labute approximate surface area is 110 Å². The Morgan fingerprint density at radius 1 is 1.28 bits per heavy atom. The van der Waals surface area contributed by atoms with E-state index in [1.807, 2.05) is 0 Å². The highest BCUT2D eigenvalue weighted by molar-refractivity contribution is 5.78. The number of hydrogen-bond donors (Lipinski definition) is 2. The smallest absolute Gasteiger partial charge is 0.223 e. The zero-order chi connectivity index (χ0) is 13.0. The molecule has 2 fully saturated rings. The third kappa shape index (κ3) is 3.95. The predicted octanol–water partition coefficient (Wildman–Crippen LogP) is 0.962. The highest BCUT2D eigenvalue weighted by Gasteiger charge is 2.26. The molecule has 0 aromatic carbocycles. The molecule has 1 saturated heterocycles. The van der Waals surface area contributed by atoms with Gasteiger partial charge in [-0.1, -0.05) is 6.42 Å². The average molecular weight is 253 g/mol. The number of carbonyl (C=O) groups is 1. The summed E-state index contributed by atoms with van der Waals surface area (Å²) < 4.78 is 0. The number of hydrogen-bond acceptors (Lipinski definition) is 3. The topological polar surface area (TPSA) is 58.4 Å². The molecular weight excluding hydrogens is 226 g/mol. The number of rotatable bonds is 3. The molecule has 0 aromatic heterocycles. The summed E-state index contributed by atoms with van der Waals surface area (Å²) >= 11 is 0. The number of likely N-dealkylation sites (tertiary alicyclic amines) is 1. The summed E-state index contributed by atoms with van der Waals surface area (Å²) in [5, 5.41) is 3.14. The van der Waals surface area contributed by atoms with E-state index in [0.717, 1.165) is 45.3 Å². The van der Waals surface area contributed by atoms with Crippen molar-refractivity contribution in [2.24, 2.45) is 17.6 Å². The van der Waals surface area contributed by atoms with E-state index in [0.29, 0.717) is 5.92 Å². The summed E-state index contributed by atoms with van der Waals surface area (Å²) in [6.45, 7) is 3.18. The molecule has 4 heteroatoms. The van der Waals surface area contributed by atoms with Crippen LogP contribution in [0.5, 0.6) is 0 Å². The maximum absolute atomic E-state index is 12.1. The van der Waals surface area contributed by atoms with Gasteiger partial charge in [0.15, 0.2) is 0 Å². The molecule has 2 atom stereocenters. The van der Waals surface area contributed by atoms with Crippen LogP contribution in [0.4, 0.5) is 0 Å². The van der Waals surface area contributed by atoms with Gasteiger partial charge in [0.1, 0.15) is 0 Å². The van der Waals surface area contributed by atoms with Gasteiger partial charge in [0.05, 0.1) is 0 Å². The van der Waals surface area contributed by atoms with E-state index in [1.165, 1.54) is 12.8 Å². The maximum atomic E-state index is 12.1. The van der Waals surface area contributed by atoms with Crippen LogP contribution in [0, 0.1) is 11.8 Å². The molecule has 2 aliphatic rings. The number of nitrogens with two attached hydrogens (primary N) is 1. The lowest BCUT2D eigenvalue weighted by atomic mass is 9.85. The van der Waals surface area contributed by atoms with Crippen LogP contribution in [0.3, 0.4) is 0 Å². The first-order chi connectivity index (χ1) is 8.65. The van der Waals surface area contributed by atoms with E-state index in [2.05, 4.69) is 17.3 Å². The highest BCUT2D eigenvalue weighted by atomic mass is 16.1.